The molecule has 0 bridgehead atoms. The molecule has 4 nitrogen and oxygen atoms in total. The molecule has 0 aliphatic rings. The molecule has 2 rings (SSSR count). The Balaban J connectivity index is 1.98. The summed E-state index contributed by atoms with van der Waals surface area (Å²) in [7, 11) is 1.53. The molecule has 1 N–H and O–H groups in total. The van der Waals surface area contributed by atoms with Crippen molar-refractivity contribution in [2.24, 2.45) is 0 Å². The van der Waals surface area contributed by atoms with Crippen LogP contribution >= 0.6 is 11.6 Å². The molecule has 2 aromatic carbocycles. The van der Waals surface area contributed by atoms with Crippen molar-refractivity contribution < 1.29 is 18.7 Å². The standard InChI is InChI=1S/C18H17ClFNO3/c1-3-4-12-5-8-16(17(9-12)23-2)24-11-18(22)21-13-6-7-15(20)14(19)10-13/h3,5-10H,1,4,11H2,2H3,(H,21,22). The van der Waals surface area contributed by atoms with Crippen LogP contribution in [0.1, 0.15) is 5.56 Å². The first-order valence-corrected chi connectivity index (χ1v) is 7.56. The van der Waals surface area contributed by atoms with Gasteiger partial charge in [-0.1, -0.05) is 23.7 Å². The number of hydrogen-bond donors (Lipinski definition) is 1. The van der Waals surface area contributed by atoms with E-state index in [1.807, 2.05) is 12.1 Å². The average molecular weight is 350 g/mol. The molecule has 0 radical (unpaired) electrons. The Bertz CT molecular complexity index is 749. The van der Waals surface area contributed by atoms with E-state index in [4.69, 9.17) is 21.1 Å². The smallest absolute Gasteiger partial charge is 0.262 e. The highest BCUT2D eigenvalue weighted by molar-refractivity contribution is 6.31. The maximum Gasteiger partial charge on any atom is 0.262 e. The Morgan fingerprint density at radius 1 is 1.29 bits per heavy atom. The number of hydrogen-bond acceptors (Lipinski definition) is 3. The molecular weight excluding hydrogens is 333 g/mol. The Morgan fingerprint density at radius 2 is 2.08 bits per heavy atom. The van der Waals surface area contributed by atoms with Crippen molar-refractivity contribution in [3.05, 3.63) is 65.5 Å². The van der Waals surface area contributed by atoms with Crippen LogP contribution in [0, 0.1) is 5.82 Å². The largest absolute Gasteiger partial charge is 0.493 e. The summed E-state index contributed by atoms with van der Waals surface area (Å²) in [5, 5.41) is 2.52. The first kappa shape index (κ1) is 17.8. The minimum atomic E-state index is -0.546. The van der Waals surface area contributed by atoms with Crippen molar-refractivity contribution in [1.29, 1.82) is 0 Å². The number of carbonyl (C=O) groups excluding carboxylic acids is 1. The van der Waals surface area contributed by atoms with Crippen molar-refractivity contribution in [2.75, 3.05) is 19.0 Å². The van der Waals surface area contributed by atoms with Crippen molar-refractivity contribution >= 4 is 23.2 Å². The lowest BCUT2D eigenvalue weighted by atomic mass is 10.1. The van der Waals surface area contributed by atoms with Crippen molar-refractivity contribution in [3.8, 4) is 11.5 Å². The summed E-state index contributed by atoms with van der Waals surface area (Å²) in [5.74, 6) is 0.0507. The number of allylic oxidation sites excluding steroid dienone is 1. The molecule has 0 saturated heterocycles. The molecule has 24 heavy (non-hydrogen) atoms. The SMILES string of the molecule is C=CCc1ccc(OCC(=O)Nc2ccc(F)c(Cl)c2)c(OC)c1. The monoisotopic (exact) mass is 349 g/mol. The van der Waals surface area contributed by atoms with Gasteiger partial charge in [-0.3, -0.25) is 4.79 Å². The summed E-state index contributed by atoms with van der Waals surface area (Å²) in [6.45, 7) is 3.47. The van der Waals surface area contributed by atoms with Crippen molar-refractivity contribution in [2.45, 2.75) is 6.42 Å². The lowest BCUT2D eigenvalue weighted by Gasteiger charge is -2.12. The molecule has 0 heterocycles. The lowest BCUT2D eigenvalue weighted by Crippen LogP contribution is -2.20. The second kappa shape index (κ2) is 8.36. The highest BCUT2D eigenvalue weighted by atomic mass is 35.5. The van der Waals surface area contributed by atoms with Gasteiger partial charge in [-0.05, 0) is 42.3 Å². The highest BCUT2D eigenvalue weighted by Crippen LogP contribution is 2.28. The number of halogens is 2. The van der Waals surface area contributed by atoms with E-state index in [2.05, 4.69) is 11.9 Å². The van der Waals surface area contributed by atoms with E-state index < -0.39 is 11.7 Å². The van der Waals surface area contributed by atoms with Crippen LogP contribution in [-0.2, 0) is 11.2 Å². The third-order valence-corrected chi connectivity index (χ3v) is 3.46. The van der Waals surface area contributed by atoms with E-state index >= 15 is 0 Å². The summed E-state index contributed by atoms with van der Waals surface area (Å²) < 4.78 is 23.8. The van der Waals surface area contributed by atoms with E-state index in [1.165, 1.54) is 25.3 Å². The zero-order valence-corrected chi connectivity index (χ0v) is 13.9. The quantitative estimate of drug-likeness (QED) is 0.761. The second-order valence-corrected chi connectivity index (χ2v) is 5.35. The predicted octanol–water partition coefficient (Wildman–Crippen LogP) is 4.23. The van der Waals surface area contributed by atoms with Gasteiger partial charge in [0.2, 0.25) is 0 Å². The van der Waals surface area contributed by atoms with Gasteiger partial charge in [-0.2, -0.15) is 0 Å². The molecule has 2 aromatic rings. The number of rotatable bonds is 7. The van der Waals surface area contributed by atoms with Crippen LogP contribution in [-0.4, -0.2) is 19.6 Å². The van der Waals surface area contributed by atoms with Gasteiger partial charge in [0.1, 0.15) is 5.82 Å². The number of ether oxygens (including phenoxy) is 2. The van der Waals surface area contributed by atoms with Crippen LogP contribution in [0.3, 0.4) is 0 Å². The Hall–Kier alpha value is -2.53. The predicted molar refractivity (Wildman–Crippen MR) is 92.4 cm³/mol. The van der Waals surface area contributed by atoms with E-state index in [9.17, 15) is 9.18 Å². The molecular formula is C18H17ClFNO3. The topological polar surface area (TPSA) is 47.6 Å². The Labute approximate surface area is 144 Å². The van der Waals surface area contributed by atoms with Gasteiger partial charge in [0.15, 0.2) is 18.1 Å². The first-order chi connectivity index (χ1) is 11.5. The van der Waals surface area contributed by atoms with E-state index in [0.717, 1.165) is 5.56 Å². The molecule has 126 valence electrons. The Morgan fingerprint density at radius 3 is 2.75 bits per heavy atom. The third kappa shape index (κ3) is 4.73. The summed E-state index contributed by atoms with van der Waals surface area (Å²) in [4.78, 5) is 11.9. The van der Waals surface area contributed by atoms with Crippen LogP contribution in [0.4, 0.5) is 10.1 Å². The molecule has 1 amide bonds. The minimum Gasteiger partial charge on any atom is -0.493 e. The molecule has 0 spiro atoms. The Kier molecular flexibility index (Phi) is 6.21. The van der Waals surface area contributed by atoms with Gasteiger partial charge in [-0.15, -0.1) is 6.58 Å². The van der Waals surface area contributed by atoms with Gasteiger partial charge in [0, 0.05) is 5.69 Å². The summed E-state index contributed by atoms with van der Waals surface area (Å²) >= 11 is 5.67. The van der Waals surface area contributed by atoms with E-state index in [0.29, 0.717) is 23.6 Å². The minimum absolute atomic E-state index is 0.0619. The van der Waals surface area contributed by atoms with Crippen molar-refractivity contribution in [1.82, 2.24) is 0 Å². The molecule has 6 heteroatoms. The molecule has 0 fully saturated rings. The maximum atomic E-state index is 13.1. The molecule has 0 aliphatic heterocycles. The fourth-order valence-electron chi connectivity index (χ4n) is 2.04. The summed E-state index contributed by atoms with van der Waals surface area (Å²) in [6, 6.07) is 9.37. The second-order valence-electron chi connectivity index (χ2n) is 4.94. The third-order valence-electron chi connectivity index (χ3n) is 3.17. The number of carbonyl (C=O) groups is 1. The molecule has 0 aromatic heterocycles. The number of nitrogens with one attached hydrogen (secondary N) is 1. The molecule has 0 atom stereocenters. The van der Waals surface area contributed by atoms with E-state index in [-0.39, 0.29) is 11.6 Å². The number of amides is 1. The van der Waals surface area contributed by atoms with Gasteiger partial charge in [0.25, 0.3) is 5.91 Å². The number of benzene rings is 2. The number of methoxy groups -OCH3 is 1. The average Bonchev–Trinajstić information content (AvgIpc) is 2.57. The fourth-order valence-corrected chi connectivity index (χ4v) is 2.22. The first-order valence-electron chi connectivity index (χ1n) is 7.19. The number of anilines is 1. The van der Waals surface area contributed by atoms with E-state index in [1.54, 1.807) is 12.1 Å². The summed E-state index contributed by atoms with van der Waals surface area (Å²) in [5.41, 5.74) is 1.42. The van der Waals surface area contributed by atoms with Gasteiger partial charge < -0.3 is 14.8 Å². The van der Waals surface area contributed by atoms with Crippen LogP contribution in [0.2, 0.25) is 5.02 Å². The van der Waals surface area contributed by atoms with Gasteiger partial charge in [0.05, 0.1) is 12.1 Å². The highest BCUT2D eigenvalue weighted by Gasteiger charge is 2.10. The zero-order valence-electron chi connectivity index (χ0n) is 13.1. The van der Waals surface area contributed by atoms with Gasteiger partial charge >= 0.3 is 0 Å². The van der Waals surface area contributed by atoms with Gasteiger partial charge in [-0.25, -0.2) is 4.39 Å². The lowest BCUT2D eigenvalue weighted by molar-refractivity contribution is -0.118. The van der Waals surface area contributed by atoms with Crippen LogP contribution in [0.5, 0.6) is 11.5 Å². The molecule has 0 aliphatic carbocycles. The van der Waals surface area contributed by atoms with Crippen molar-refractivity contribution in [3.63, 3.8) is 0 Å². The molecule has 0 saturated carbocycles. The molecule has 0 unspecified atom stereocenters. The van der Waals surface area contributed by atoms with Crippen LogP contribution in [0.25, 0.3) is 0 Å². The van der Waals surface area contributed by atoms with Crippen LogP contribution in [0.15, 0.2) is 49.1 Å². The fraction of sp³-hybridized carbons (Fsp3) is 0.167. The summed E-state index contributed by atoms with van der Waals surface area (Å²) in [6.07, 6.45) is 2.50. The van der Waals surface area contributed by atoms with Crippen LogP contribution < -0.4 is 14.8 Å². The zero-order chi connectivity index (χ0) is 17.5. The normalized spacial score (nSPS) is 10.1. The maximum absolute atomic E-state index is 13.1.